The summed E-state index contributed by atoms with van der Waals surface area (Å²) in [7, 11) is 0. The Kier molecular flexibility index (Phi) is 4.23. The molecule has 0 unspecified atom stereocenters. The van der Waals surface area contributed by atoms with Crippen LogP contribution in [0.5, 0.6) is 0 Å². The van der Waals surface area contributed by atoms with Crippen molar-refractivity contribution in [2.24, 2.45) is 5.41 Å². The fraction of sp³-hybridized carbons (Fsp3) is 0.929. The Hall–Kier alpha value is -0.970. The topological polar surface area (TPSA) is 55.6 Å². The van der Waals surface area contributed by atoms with Gasteiger partial charge in [-0.1, -0.05) is 19.8 Å². The molecule has 0 saturated heterocycles. The first-order valence-electron chi connectivity index (χ1n) is 7.44. The van der Waals surface area contributed by atoms with Crippen LogP contribution in [0.3, 0.4) is 0 Å². The lowest BCUT2D eigenvalue weighted by molar-refractivity contribution is 0.220. The summed E-state index contributed by atoms with van der Waals surface area (Å²) < 4.78 is 2.01. The Morgan fingerprint density at radius 2 is 1.95 bits per heavy atom. The number of tetrazole rings is 1. The van der Waals surface area contributed by atoms with Crippen molar-refractivity contribution in [1.82, 2.24) is 25.5 Å². The molecule has 1 aliphatic rings. The highest BCUT2D eigenvalue weighted by Crippen LogP contribution is 2.42. The second-order valence-electron chi connectivity index (χ2n) is 6.92. The normalized spacial score (nSPS) is 18.9. The summed E-state index contributed by atoms with van der Waals surface area (Å²) in [5, 5.41) is 15.7. The molecule has 0 radical (unpaired) electrons. The SMILES string of the molecule is CCC1(Cn2nnnc2CNC(C)(C)C)CCCC1. The van der Waals surface area contributed by atoms with Crippen LogP contribution in [0, 0.1) is 5.41 Å². The molecule has 1 aromatic rings. The van der Waals surface area contributed by atoms with Crippen molar-refractivity contribution in [3.05, 3.63) is 5.82 Å². The highest BCUT2D eigenvalue weighted by atomic mass is 15.5. The third-order valence-electron chi connectivity index (χ3n) is 4.28. The van der Waals surface area contributed by atoms with E-state index in [-0.39, 0.29) is 5.54 Å². The summed E-state index contributed by atoms with van der Waals surface area (Å²) in [5.41, 5.74) is 0.512. The molecule has 1 fully saturated rings. The van der Waals surface area contributed by atoms with Gasteiger partial charge in [-0.15, -0.1) is 5.10 Å². The summed E-state index contributed by atoms with van der Waals surface area (Å²) in [6, 6.07) is 0. The van der Waals surface area contributed by atoms with Crippen LogP contribution >= 0.6 is 0 Å². The van der Waals surface area contributed by atoms with Crippen molar-refractivity contribution in [1.29, 1.82) is 0 Å². The number of nitrogens with zero attached hydrogens (tertiary/aromatic N) is 4. The predicted molar refractivity (Wildman–Crippen MR) is 75.6 cm³/mol. The number of hydrogen-bond acceptors (Lipinski definition) is 4. The van der Waals surface area contributed by atoms with Crippen LogP contribution in [0.4, 0.5) is 0 Å². The van der Waals surface area contributed by atoms with Gasteiger partial charge >= 0.3 is 0 Å². The zero-order chi connectivity index (χ0) is 13.9. The average Bonchev–Trinajstić information content (AvgIpc) is 2.96. The third kappa shape index (κ3) is 3.75. The summed E-state index contributed by atoms with van der Waals surface area (Å²) in [6.07, 6.45) is 6.56. The minimum atomic E-state index is 0.0899. The van der Waals surface area contributed by atoms with Gasteiger partial charge in [-0.05, 0) is 55.9 Å². The maximum atomic E-state index is 4.19. The van der Waals surface area contributed by atoms with E-state index in [4.69, 9.17) is 0 Å². The molecule has 108 valence electrons. The van der Waals surface area contributed by atoms with Gasteiger partial charge in [0.1, 0.15) is 0 Å². The zero-order valence-corrected chi connectivity index (χ0v) is 12.7. The maximum absolute atomic E-state index is 4.19. The Labute approximate surface area is 116 Å². The Morgan fingerprint density at radius 3 is 2.53 bits per heavy atom. The van der Waals surface area contributed by atoms with Gasteiger partial charge < -0.3 is 5.32 Å². The van der Waals surface area contributed by atoms with E-state index in [2.05, 4.69) is 48.5 Å². The van der Waals surface area contributed by atoms with Crippen molar-refractivity contribution < 1.29 is 0 Å². The van der Waals surface area contributed by atoms with Crippen LogP contribution in [0.15, 0.2) is 0 Å². The van der Waals surface area contributed by atoms with Gasteiger partial charge in [0, 0.05) is 5.54 Å². The largest absolute Gasteiger partial charge is 0.305 e. The maximum Gasteiger partial charge on any atom is 0.165 e. The molecule has 1 aliphatic carbocycles. The molecule has 0 aromatic carbocycles. The molecule has 1 N–H and O–H groups in total. The summed E-state index contributed by atoms with van der Waals surface area (Å²) in [5.74, 6) is 0.953. The quantitative estimate of drug-likeness (QED) is 0.889. The van der Waals surface area contributed by atoms with E-state index >= 15 is 0 Å². The van der Waals surface area contributed by atoms with Crippen LogP contribution in [-0.4, -0.2) is 25.7 Å². The van der Waals surface area contributed by atoms with Crippen molar-refractivity contribution in [3.63, 3.8) is 0 Å². The monoisotopic (exact) mass is 265 g/mol. The molecule has 1 aromatic heterocycles. The predicted octanol–water partition coefficient (Wildman–Crippen LogP) is 2.53. The van der Waals surface area contributed by atoms with Crippen LogP contribution in [0.2, 0.25) is 0 Å². The minimum absolute atomic E-state index is 0.0899. The lowest BCUT2D eigenvalue weighted by Crippen LogP contribution is -2.36. The fourth-order valence-corrected chi connectivity index (χ4v) is 2.88. The van der Waals surface area contributed by atoms with E-state index in [9.17, 15) is 0 Å². The molecule has 1 heterocycles. The fourth-order valence-electron chi connectivity index (χ4n) is 2.88. The second kappa shape index (κ2) is 5.57. The van der Waals surface area contributed by atoms with Crippen molar-refractivity contribution in [3.8, 4) is 0 Å². The molecule has 0 atom stereocenters. The van der Waals surface area contributed by atoms with Gasteiger partial charge in [0.2, 0.25) is 0 Å². The van der Waals surface area contributed by atoms with E-state index in [1.165, 1.54) is 32.1 Å². The van der Waals surface area contributed by atoms with E-state index in [1.54, 1.807) is 0 Å². The highest BCUT2D eigenvalue weighted by Gasteiger charge is 2.33. The number of aromatic nitrogens is 4. The van der Waals surface area contributed by atoms with Crippen molar-refractivity contribution in [2.45, 2.75) is 78.4 Å². The van der Waals surface area contributed by atoms with Crippen LogP contribution in [0.1, 0.15) is 65.6 Å². The molecule has 19 heavy (non-hydrogen) atoms. The number of rotatable bonds is 5. The van der Waals surface area contributed by atoms with Crippen LogP contribution in [0.25, 0.3) is 0 Å². The molecule has 0 aliphatic heterocycles. The minimum Gasteiger partial charge on any atom is -0.305 e. The molecule has 5 nitrogen and oxygen atoms in total. The molecule has 0 amide bonds. The molecule has 5 heteroatoms. The van der Waals surface area contributed by atoms with Gasteiger partial charge in [0.15, 0.2) is 5.82 Å². The number of hydrogen-bond donors (Lipinski definition) is 1. The zero-order valence-electron chi connectivity index (χ0n) is 12.7. The smallest absolute Gasteiger partial charge is 0.165 e. The van der Waals surface area contributed by atoms with Gasteiger partial charge in [-0.2, -0.15) is 0 Å². The Morgan fingerprint density at radius 1 is 1.26 bits per heavy atom. The van der Waals surface area contributed by atoms with Gasteiger partial charge in [0.05, 0.1) is 13.1 Å². The Bertz CT molecular complexity index is 398. The summed E-state index contributed by atoms with van der Waals surface area (Å²) in [4.78, 5) is 0. The number of nitrogens with one attached hydrogen (secondary N) is 1. The second-order valence-corrected chi connectivity index (χ2v) is 6.92. The lowest BCUT2D eigenvalue weighted by Gasteiger charge is -2.27. The van der Waals surface area contributed by atoms with E-state index in [0.29, 0.717) is 5.41 Å². The van der Waals surface area contributed by atoms with Gasteiger partial charge in [-0.25, -0.2) is 4.68 Å². The summed E-state index contributed by atoms with van der Waals surface area (Å²) in [6.45, 7) is 10.5. The molecular formula is C14H27N5. The van der Waals surface area contributed by atoms with Crippen molar-refractivity contribution >= 4 is 0 Å². The molecule has 2 rings (SSSR count). The lowest BCUT2D eigenvalue weighted by atomic mass is 9.83. The molecular weight excluding hydrogens is 238 g/mol. The average molecular weight is 265 g/mol. The third-order valence-corrected chi connectivity index (χ3v) is 4.28. The standard InChI is InChI=1S/C14H27N5/c1-5-14(8-6-7-9-14)11-19-12(16-17-18-19)10-15-13(2,3)4/h15H,5-11H2,1-4H3. The summed E-state index contributed by atoms with van der Waals surface area (Å²) >= 11 is 0. The van der Waals surface area contributed by atoms with Crippen LogP contribution < -0.4 is 5.32 Å². The van der Waals surface area contributed by atoms with Gasteiger partial charge in [-0.3, -0.25) is 0 Å². The van der Waals surface area contributed by atoms with Gasteiger partial charge in [0.25, 0.3) is 0 Å². The van der Waals surface area contributed by atoms with E-state index in [1.807, 2.05) is 4.68 Å². The van der Waals surface area contributed by atoms with Crippen molar-refractivity contribution in [2.75, 3.05) is 0 Å². The molecule has 0 bridgehead atoms. The van der Waals surface area contributed by atoms with E-state index < -0.39 is 0 Å². The van der Waals surface area contributed by atoms with Crippen LogP contribution in [-0.2, 0) is 13.1 Å². The first-order chi connectivity index (χ1) is 8.94. The highest BCUT2D eigenvalue weighted by molar-refractivity contribution is 4.89. The first-order valence-corrected chi connectivity index (χ1v) is 7.44. The molecule has 1 saturated carbocycles. The first kappa shape index (κ1) is 14.4. The van der Waals surface area contributed by atoms with E-state index in [0.717, 1.165) is 18.9 Å². The molecule has 0 spiro atoms. The Balaban J connectivity index is 2.03.